The maximum atomic E-state index is 11.8. The van der Waals surface area contributed by atoms with Gasteiger partial charge in [0.1, 0.15) is 5.75 Å². The van der Waals surface area contributed by atoms with Crippen molar-refractivity contribution in [3.8, 4) is 5.75 Å². The number of hydrogen-bond acceptors (Lipinski definition) is 4. The molecular weight excluding hydrogens is 372 g/mol. The van der Waals surface area contributed by atoms with Gasteiger partial charge in [0.15, 0.2) is 5.11 Å². The summed E-state index contributed by atoms with van der Waals surface area (Å²) >= 11 is 5.37. The van der Waals surface area contributed by atoms with Gasteiger partial charge in [0.2, 0.25) is 0 Å². The van der Waals surface area contributed by atoms with E-state index in [2.05, 4.69) is 22.8 Å². The maximum Gasteiger partial charge on any atom is 0.338 e. The topological polar surface area (TPSA) is 59.6 Å². The molecule has 150 valence electrons. The molecule has 0 saturated heterocycles. The van der Waals surface area contributed by atoms with Crippen LogP contribution in [0.3, 0.4) is 0 Å². The molecule has 2 N–H and O–H groups in total. The molecule has 0 radical (unpaired) electrons. The molecule has 0 atom stereocenters. The summed E-state index contributed by atoms with van der Waals surface area (Å²) in [4.78, 5) is 11.8. The third-order valence-corrected chi connectivity index (χ3v) is 4.46. The summed E-state index contributed by atoms with van der Waals surface area (Å²) in [7, 11) is 1.37. The van der Waals surface area contributed by atoms with E-state index < -0.39 is 0 Å². The van der Waals surface area contributed by atoms with Crippen LogP contribution in [-0.4, -0.2) is 30.8 Å². The largest absolute Gasteiger partial charge is 0.491 e. The Bertz CT molecular complexity index is 804. The van der Waals surface area contributed by atoms with E-state index in [0.717, 1.165) is 36.4 Å². The molecule has 0 fully saturated rings. The molecule has 28 heavy (non-hydrogen) atoms. The average molecular weight is 401 g/mol. The molecule has 0 aromatic heterocycles. The Balaban J connectivity index is 1.78. The standard InChI is InChI=1S/C22H28N2O3S/c1-15(2)27-18-12-10-17(11-13-18)7-6-14-23-22(28)24-20-9-5-8-19(16(20)3)21(25)26-4/h5,8-13,15H,6-7,14H2,1-4H3,(H2,23,24,28). The lowest BCUT2D eigenvalue weighted by Crippen LogP contribution is -2.30. The predicted octanol–water partition coefficient (Wildman–Crippen LogP) is 4.49. The number of benzene rings is 2. The number of carbonyl (C=O) groups is 1. The van der Waals surface area contributed by atoms with Gasteiger partial charge in [0, 0.05) is 12.2 Å². The van der Waals surface area contributed by atoms with Crippen LogP contribution in [0.4, 0.5) is 5.69 Å². The van der Waals surface area contributed by atoms with Crippen LogP contribution in [0, 0.1) is 6.92 Å². The molecule has 0 saturated carbocycles. The summed E-state index contributed by atoms with van der Waals surface area (Å²) < 4.78 is 10.5. The van der Waals surface area contributed by atoms with Crippen molar-refractivity contribution >= 4 is 29.0 Å². The van der Waals surface area contributed by atoms with E-state index in [1.54, 1.807) is 12.1 Å². The first kappa shape index (κ1) is 21.7. The number of rotatable bonds is 8. The van der Waals surface area contributed by atoms with Crippen LogP contribution in [-0.2, 0) is 11.2 Å². The van der Waals surface area contributed by atoms with Crippen molar-refractivity contribution in [2.75, 3.05) is 19.0 Å². The van der Waals surface area contributed by atoms with Gasteiger partial charge in [0.25, 0.3) is 0 Å². The Hall–Kier alpha value is -2.60. The molecule has 5 nitrogen and oxygen atoms in total. The molecule has 0 aliphatic rings. The van der Waals surface area contributed by atoms with E-state index in [1.165, 1.54) is 12.7 Å². The van der Waals surface area contributed by atoms with Crippen molar-refractivity contribution in [1.82, 2.24) is 5.32 Å². The summed E-state index contributed by atoms with van der Waals surface area (Å²) in [6.45, 7) is 6.66. The molecule has 0 unspecified atom stereocenters. The molecular formula is C22H28N2O3S. The Labute approximate surface area is 172 Å². The van der Waals surface area contributed by atoms with E-state index >= 15 is 0 Å². The summed E-state index contributed by atoms with van der Waals surface area (Å²) in [6.07, 6.45) is 2.09. The molecule has 0 aliphatic heterocycles. The van der Waals surface area contributed by atoms with E-state index in [-0.39, 0.29) is 12.1 Å². The van der Waals surface area contributed by atoms with Gasteiger partial charge in [-0.3, -0.25) is 0 Å². The first-order chi connectivity index (χ1) is 13.4. The number of carbonyl (C=O) groups excluding carboxylic acids is 1. The number of hydrogen-bond donors (Lipinski definition) is 2. The normalized spacial score (nSPS) is 10.5. The fraction of sp³-hybridized carbons (Fsp3) is 0.364. The van der Waals surface area contributed by atoms with Gasteiger partial charge in [-0.25, -0.2) is 4.79 Å². The van der Waals surface area contributed by atoms with Gasteiger partial charge in [-0.05, 0) is 81.2 Å². The Morgan fingerprint density at radius 1 is 1.14 bits per heavy atom. The summed E-state index contributed by atoms with van der Waals surface area (Å²) in [5.41, 5.74) is 3.39. The van der Waals surface area contributed by atoms with Crippen molar-refractivity contribution in [1.29, 1.82) is 0 Å². The second kappa shape index (κ2) is 10.7. The molecule has 2 aromatic carbocycles. The van der Waals surface area contributed by atoms with Crippen LogP contribution >= 0.6 is 12.2 Å². The lowest BCUT2D eigenvalue weighted by atomic mass is 10.1. The third kappa shape index (κ3) is 6.53. The third-order valence-electron chi connectivity index (χ3n) is 4.21. The fourth-order valence-electron chi connectivity index (χ4n) is 2.77. The van der Waals surface area contributed by atoms with Gasteiger partial charge in [-0.1, -0.05) is 18.2 Å². The predicted molar refractivity (Wildman–Crippen MR) is 117 cm³/mol. The SMILES string of the molecule is COC(=O)c1cccc(NC(=S)NCCCc2ccc(OC(C)C)cc2)c1C. The number of aryl methyl sites for hydroxylation is 1. The van der Waals surface area contributed by atoms with Crippen LogP contribution in [0.15, 0.2) is 42.5 Å². The lowest BCUT2D eigenvalue weighted by Gasteiger charge is -2.14. The number of thiocarbonyl (C=S) groups is 1. The van der Waals surface area contributed by atoms with Gasteiger partial charge >= 0.3 is 5.97 Å². The number of anilines is 1. The quantitative estimate of drug-likeness (QED) is 0.387. The fourth-order valence-corrected chi connectivity index (χ4v) is 2.98. The van der Waals surface area contributed by atoms with Crippen molar-refractivity contribution in [2.45, 2.75) is 39.7 Å². The molecule has 0 amide bonds. The van der Waals surface area contributed by atoms with Crippen molar-refractivity contribution in [2.24, 2.45) is 0 Å². The van der Waals surface area contributed by atoms with Gasteiger partial charge in [-0.2, -0.15) is 0 Å². The van der Waals surface area contributed by atoms with Crippen molar-refractivity contribution < 1.29 is 14.3 Å². The molecule has 0 spiro atoms. The summed E-state index contributed by atoms with van der Waals surface area (Å²) in [6, 6.07) is 13.6. The first-order valence-corrected chi connectivity index (χ1v) is 9.80. The smallest absolute Gasteiger partial charge is 0.338 e. The zero-order chi connectivity index (χ0) is 20.5. The first-order valence-electron chi connectivity index (χ1n) is 9.39. The second-order valence-corrected chi connectivity index (χ2v) is 7.17. The highest BCUT2D eigenvalue weighted by molar-refractivity contribution is 7.80. The highest BCUT2D eigenvalue weighted by Crippen LogP contribution is 2.19. The van der Waals surface area contributed by atoms with Crippen molar-refractivity contribution in [3.63, 3.8) is 0 Å². The van der Waals surface area contributed by atoms with Crippen LogP contribution in [0.5, 0.6) is 5.75 Å². The van der Waals surface area contributed by atoms with Crippen molar-refractivity contribution in [3.05, 3.63) is 59.2 Å². The van der Waals surface area contributed by atoms with Crippen LogP contribution in [0.2, 0.25) is 0 Å². The van der Waals surface area contributed by atoms with Crippen LogP contribution in [0.1, 0.15) is 41.8 Å². The van der Waals surface area contributed by atoms with Crippen LogP contribution < -0.4 is 15.4 Å². The van der Waals surface area contributed by atoms with Crippen LogP contribution in [0.25, 0.3) is 0 Å². The minimum absolute atomic E-state index is 0.181. The molecule has 6 heteroatoms. The molecule has 2 aromatic rings. The lowest BCUT2D eigenvalue weighted by molar-refractivity contribution is 0.0600. The maximum absolute atomic E-state index is 11.8. The Morgan fingerprint density at radius 3 is 2.50 bits per heavy atom. The molecule has 2 rings (SSSR count). The molecule has 0 heterocycles. The number of nitrogens with one attached hydrogen (secondary N) is 2. The Kier molecular flexibility index (Phi) is 8.26. The second-order valence-electron chi connectivity index (χ2n) is 6.76. The summed E-state index contributed by atoms with van der Waals surface area (Å²) in [5.74, 6) is 0.539. The Morgan fingerprint density at radius 2 is 1.86 bits per heavy atom. The number of ether oxygens (including phenoxy) is 2. The zero-order valence-electron chi connectivity index (χ0n) is 16.9. The highest BCUT2D eigenvalue weighted by atomic mass is 32.1. The van der Waals surface area contributed by atoms with Gasteiger partial charge in [0.05, 0.1) is 18.8 Å². The van der Waals surface area contributed by atoms with Gasteiger partial charge in [-0.15, -0.1) is 0 Å². The monoisotopic (exact) mass is 400 g/mol. The minimum Gasteiger partial charge on any atom is -0.491 e. The van der Waals surface area contributed by atoms with E-state index in [4.69, 9.17) is 21.7 Å². The highest BCUT2D eigenvalue weighted by Gasteiger charge is 2.12. The van der Waals surface area contributed by atoms with E-state index in [1.807, 2.05) is 39.0 Å². The number of esters is 1. The minimum atomic E-state index is -0.357. The molecule has 0 bridgehead atoms. The van der Waals surface area contributed by atoms with E-state index in [9.17, 15) is 4.79 Å². The summed E-state index contributed by atoms with van der Waals surface area (Å²) in [5, 5.41) is 6.89. The zero-order valence-corrected chi connectivity index (χ0v) is 17.7. The molecule has 0 aliphatic carbocycles. The van der Waals surface area contributed by atoms with E-state index in [0.29, 0.717) is 10.7 Å². The number of methoxy groups -OCH3 is 1. The van der Waals surface area contributed by atoms with Gasteiger partial charge < -0.3 is 20.1 Å². The average Bonchev–Trinajstić information content (AvgIpc) is 2.67.